The molecule has 0 spiro atoms. The SMILES string of the molecule is CC(=O)N1CCc2cc(Br)c(S(=O)(=O)N=C(N)CC3(O)CCCC3)cc21. The van der Waals surface area contributed by atoms with Crippen LogP contribution < -0.4 is 10.6 Å². The van der Waals surface area contributed by atoms with E-state index in [9.17, 15) is 18.3 Å². The number of halogens is 1. The van der Waals surface area contributed by atoms with Gasteiger partial charge in [-0.05, 0) is 52.9 Å². The number of amides is 1. The van der Waals surface area contributed by atoms with Crippen LogP contribution >= 0.6 is 15.9 Å². The zero-order valence-electron chi connectivity index (χ0n) is 14.5. The van der Waals surface area contributed by atoms with E-state index in [0.717, 1.165) is 18.4 Å². The van der Waals surface area contributed by atoms with Crippen molar-refractivity contribution < 1.29 is 18.3 Å². The maximum absolute atomic E-state index is 12.7. The Morgan fingerprint density at radius 2 is 2.04 bits per heavy atom. The van der Waals surface area contributed by atoms with Crippen LogP contribution in [0.1, 0.15) is 44.6 Å². The number of hydrogen-bond donors (Lipinski definition) is 2. The summed E-state index contributed by atoms with van der Waals surface area (Å²) in [5.74, 6) is -0.244. The summed E-state index contributed by atoms with van der Waals surface area (Å²) in [6, 6.07) is 3.17. The molecule has 0 unspecified atom stereocenters. The van der Waals surface area contributed by atoms with E-state index in [1.807, 2.05) is 0 Å². The Hall–Kier alpha value is -1.45. The first-order chi connectivity index (χ1) is 12.1. The minimum absolute atomic E-state index is 0.0361. The predicted octanol–water partition coefficient (Wildman–Crippen LogP) is 2.10. The van der Waals surface area contributed by atoms with Gasteiger partial charge in [-0.15, -0.1) is 4.40 Å². The predicted molar refractivity (Wildman–Crippen MR) is 103 cm³/mol. The Kier molecular flexibility index (Phi) is 5.15. The smallest absolute Gasteiger partial charge is 0.285 e. The van der Waals surface area contributed by atoms with Gasteiger partial charge in [0.05, 0.1) is 5.60 Å². The van der Waals surface area contributed by atoms with Gasteiger partial charge < -0.3 is 15.7 Å². The van der Waals surface area contributed by atoms with Crippen molar-refractivity contribution in [1.29, 1.82) is 0 Å². The first-order valence-corrected chi connectivity index (χ1v) is 10.8. The normalized spacial score (nSPS) is 19.7. The van der Waals surface area contributed by atoms with Gasteiger partial charge in [0.1, 0.15) is 10.7 Å². The van der Waals surface area contributed by atoms with E-state index < -0.39 is 15.6 Å². The van der Waals surface area contributed by atoms with E-state index in [2.05, 4.69) is 20.3 Å². The Bertz CT molecular complexity index is 876. The van der Waals surface area contributed by atoms with Gasteiger partial charge in [0.25, 0.3) is 10.0 Å². The van der Waals surface area contributed by atoms with Crippen LogP contribution in [0.5, 0.6) is 0 Å². The zero-order chi connectivity index (χ0) is 19.1. The fourth-order valence-corrected chi connectivity index (χ4v) is 5.74. The number of carbonyl (C=O) groups is 1. The summed E-state index contributed by atoms with van der Waals surface area (Å²) in [6.07, 6.45) is 3.70. The number of anilines is 1. The molecule has 1 aliphatic carbocycles. The van der Waals surface area contributed by atoms with Crippen molar-refractivity contribution in [2.24, 2.45) is 10.1 Å². The molecular formula is C17H22BrN3O4S. The molecule has 26 heavy (non-hydrogen) atoms. The molecule has 9 heteroatoms. The second kappa shape index (κ2) is 6.94. The number of sulfonamides is 1. The summed E-state index contributed by atoms with van der Waals surface area (Å²) in [5, 5.41) is 10.4. The summed E-state index contributed by atoms with van der Waals surface area (Å²) < 4.78 is 29.6. The van der Waals surface area contributed by atoms with E-state index in [1.54, 1.807) is 11.0 Å². The molecule has 1 aromatic carbocycles. The first kappa shape index (κ1) is 19.3. The highest BCUT2D eigenvalue weighted by molar-refractivity contribution is 9.10. The molecule has 1 saturated carbocycles. The molecule has 7 nitrogen and oxygen atoms in total. The highest BCUT2D eigenvalue weighted by Crippen LogP contribution is 2.36. The van der Waals surface area contributed by atoms with Crippen molar-refractivity contribution in [1.82, 2.24) is 0 Å². The van der Waals surface area contributed by atoms with Crippen molar-refractivity contribution in [3.05, 3.63) is 22.2 Å². The Labute approximate surface area is 161 Å². The lowest BCUT2D eigenvalue weighted by molar-refractivity contribution is -0.116. The second-order valence-corrected chi connectivity index (χ2v) is 9.42. The van der Waals surface area contributed by atoms with Crippen LogP contribution in [0.3, 0.4) is 0 Å². The molecule has 142 valence electrons. The first-order valence-electron chi connectivity index (χ1n) is 8.53. The van der Waals surface area contributed by atoms with E-state index in [1.165, 1.54) is 13.0 Å². The zero-order valence-corrected chi connectivity index (χ0v) is 16.9. The molecule has 1 aliphatic heterocycles. The summed E-state index contributed by atoms with van der Waals surface area (Å²) in [6.45, 7) is 1.98. The highest BCUT2D eigenvalue weighted by Gasteiger charge is 2.33. The minimum atomic E-state index is -4.06. The number of carbonyl (C=O) groups excluding carboxylic acids is 1. The van der Waals surface area contributed by atoms with Gasteiger partial charge in [-0.1, -0.05) is 12.8 Å². The van der Waals surface area contributed by atoms with Gasteiger partial charge in [-0.25, -0.2) is 0 Å². The number of amidine groups is 1. The van der Waals surface area contributed by atoms with Gasteiger partial charge in [0, 0.05) is 30.0 Å². The van der Waals surface area contributed by atoms with Crippen LogP contribution in [0.4, 0.5) is 5.69 Å². The Morgan fingerprint density at radius 3 is 2.65 bits per heavy atom. The third-order valence-corrected chi connectivity index (χ3v) is 7.26. The van der Waals surface area contributed by atoms with Gasteiger partial charge in [0.2, 0.25) is 5.91 Å². The van der Waals surface area contributed by atoms with Gasteiger partial charge >= 0.3 is 0 Å². The summed E-state index contributed by atoms with van der Waals surface area (Å²) in [5.41, 5.74) is 6.35. The fraction of sp³-hybridized carbons (Fsp3) is 0.529. The number of nitrogens with two attached hydrogens (primary N) is 1. The van der Waals surface area contributed by atoms with Crippen molar-refractivity contribution in [2.45, 2.75) is 55.9 Å². The molecule has 1 aromatic rings. The fourth-order valence-electron chi connectivity index (χ4n) is 3.70. The maximum Gasteiger partial charge on any atom is 0.285 e. The topological polar surface area (TPSA) is 113 Å². The third-order valence-electron chi connectivity index (χ3n) is 4.97. The second-order valence-electron chi connectivity index (χ2n) is 7.00. The quantitative estimate of drug-likeness (QED) is 0.546. The van der Waals surface area contributed by atoms with Crippen LogP contribution in [0.15, 0.2) is 25.9 Å². The monoisotopic (exact) mass is 443 g/mol. The largest absolute Gasteiger partial charge is 0.389 e. The molecule has 0 bridgehead atoms. The number of aliphatic hydroxyl groups is 1. The van der Waals surface area contributed by atoms with Gasteiger partial charge in [0.15, 0.2) is 0 Å². The molecule has 0 saturated heterocycles. The molecule has 0 radical (unpaired) electrons. The Balaban J connectivity index is 1.93. The summed E-state index contributed by atoms with van der Waals surface area (Å²) in [7, 11) is -4.06. The van der Waals surface area contributed by atoms with Crippen molar-refractivity contribution in [2.75, 3.05) is 11.4 Å². The van der Waals surface area contributed by atoms with E-state index in [4.69, 9.17) is 5.73 Å². The summed E-state index contributed by atoms with van der Waals surface area (Å²) >= 11 is 3.29. The lowest BCUT2D eigenvalue weighted by Crippen LogP contribution is -2.32. The van der Waals surface area contributed by atoms with Gasteiger partial charge in [-0.3, -0.25) is 4.79 Å². The Morgan fingerprint density at radius 1 is 1.38 bits per heavy atom. The lowest BCUT2D eigenvalue weighted by Gasteiger charge is -2.21. The van der Waals surface area contributed by atoms with E-state index >= 15 is 0 Å². The maximum atomic E-state index is 12.7. The highest BCUT2D eigenvalue weighted by atomic mass is 79.9. The van der Waals surface area contributed by atoms with E-state index in [0.29, 0.717) is 36.0 Å². The molecule has 1 amide bonds. The molecule has 2 aliphatic rings. The standard InChI is InChI=1S/C17H22BrN3O4S/c1-11(22)21-7-4-12-8-13(18)15(9-14(12)21)26(24,25)20-16(19)10-17(23)5-2-3-6-17/h8-9,23H,2-7,10H2,1H3,(H2,19,20). The average molecular weight is 444 g/mol. The number of rotatable bonds is 4. The number of nitrogens with zero attached hydrogens (tertiary/aromatic N) is 2. The lowest BCUT2D eigenvalue weighted by atomic mass is 9.98. The van der Waals surface area contributed by atoms with Crippen molar-refractivity contribution in [3.63, 3.8) is 0 Å². The third kappa shape index (κ3) is 3.79. The van der Waals surface area contributed by atoms with Crippen LogP contribution in [0.25, 0.3) is 0 Å². The van der Waals surface area contributed by atoms with Crippen LogP contribution in [-0.4, -0.2) is 37.4 Å². The van der Waals surface area contributed by atoms with Gasteiger partial charge in [-0.2, -0.15) is 8.42 Å². The van der Waals surface area contributed by atoms with Crippen molar-refractivity contribution in [3.8, 4) is 0 Å². The molecule has 0 atom stereocenters. The number of hydrogen-bond acceptors (Lipinski definition) is 4. The molecule has 1 fully saturated rings. The van der Waals surface area contributed by atoms with E-state index in [-0.39, 0.29) is 23.1 Å². The molecule has 3 N–H and O–H groups in total. The van der Waals surface area contributed by atoms with Crippen LogP contribution in [0.2, 0.25) is 0 Å². The van der Waals surface area contributed by atoms with Crippen molar-refractivity contribution >= 4 is 43.4 Å². The molecule has 3 rings (SSSR count). The molecular weight excluding hydrogens is 422 g/mol. The number of benzene rings is 1. The average Bonchev–Trinajstić information content (AvgIpc) is 3.11. The summed E-state index contributed by atoms with van der Waals surface area (Å²) in [4.78, 5) is 13.3. The number of fused-ring (bicyclic) bond motifs is 1. The molecule has 0 aromatic heterocycles. The minimum Gasteiger partial charge on any atom is -0.389 e. The van der Waals surface area contributed by atoms with Crippen LogP contribution in [-0.2, 0) is 21.2 Å². The van der Waals surface area contributed by atoms with Crippen LogP contribution in [0, 0.1) is 0 Å². The molecule has 1 heterocycles.